The van der Waals surface area contributed by atoms with Crippen LogP contribution in [0.3, 0.4) is 0 Å². The first-order chi connectivity index (χ1) is 12.0. The van der Waals surface area contributed by atoms with Gasteiger partial charge in [0.2, 0.25) is 0 Å². The predicted molar refractivity (Wildman–Crippen MR) is 98.4 cm³/mol. The van der Waals surface area contributed by atoms with E-state index in [2.05, 4.69) is 4.98 Å². The first-order valence-electron chi connectivity index (χ1n) is 8.16. The number of Topliss-reactive ketones (excluding diaryl/α,β-unsaturated/α-hetero) is 1. The zero-order valence-electron chi connectivity index (χ0n) is 13.8. The van der Waals surface area contributed by atoms with Crippen molar-refractivity contribution in [2.24, 2.45) is 5.92 Å². The number of halogens is 2. The quantitative estimate of drug-likeness (QED) is 0.744. The third-order valence-corrected chi connectivity index (χ3v) is 5.34. The Kier molecular flexibility index (Phi) is 5.40. The Morgan fingerprint density at radius 2 is 1.92 bits per heavy atom. The maximum Gasteiger partial charge on any atom is 0.253 e. The number of piperidine rings is 1. The summed E-state index contributed by atoms with van der Waals surface area (Å²) in [6.45, 7) is 2.83. The zero-order chi connectivity index (χ0) is 18.0. The molecule has 1 aliphatic heterocycles. The molecule has 1 amide bonds. The topological polar surface area (TPSA) is 50.3 Å². The summed E-state index contributed by atoms with van der Waals surface area (Å²) in [5, 5.41) is 0.937. The van der Waals surface area contributed by atoms with Crippen LogP contribution in [0.25, 0.3) is 0 Å². The molecule has 2 heterocycles. The van der Waals surface area contributed by atoms with Gasteiger partial charge in [0.05, 0.1) is 0 Å². The maximum atomic E-state index is 12.8. The van der Waals surface area contributed by atoms with Gasteiger partial charge in [-0.25, -0.2) is 0 Å². The minimum absolute atomic E-state index is 0.0329. The summed E-state index contributed by atoms with van der Waals surface area (Å²) in [4.78, 5) is 31.1. The van der Waals surface area contributed by atoms with Gasteiger partial charge in [-0.3, -0.25) is 14.6 Å². The van der Waals surface area contributed by atoms with Crippen molar-refractivity contribution in [2.75, 3.05) is 13.1 Å². The van der Waals surface area contributed by atoms with Crippen molar-refractivity contribution in [1.29, 1.82) is 0 Å². The van der Waals surface area contributed by atoms with Crippen molar-refractivity contribution in [2.45, 2.75) is 19.8 Å². The molecule has 1 aromatic heterocycles. The molecule has 1 fully saturated rings. The maximum absolute atomic E-state index is 12.8. The molecule has 1 aromatic carbocycles. The van der Waals surface area contributed by atoms with Gasteiger partial charge in [0.1, 0.15) is 0 Å². The summed E-state index contributed by atoms with van der Waals surface area (Å²) in [5.41, 5.74) is 1.79. The predicted octanol–water partition coefficient (Wildman–Crippen LogP) is 4.43. The smallest absolute Gasteiger partial charge is 0.253 e. The number of pyridine rings is 1. The Hall–Kier alpha value is -1.91. The first-order valence-corrected chi connectivity index (χ1v) is 8.92. The fourth-order valence-corrected chi connectivity index (χ4v) is 3.56. The van der Waals surface area contributed by atoms with Gasteiger partial charge >= 0.3 is 0 Å². The van der Waals surface area contributed by atoms with E-state index < -0.39 is 0 Å². The van der Waals surface area contributed by atoms with E-state index in [0.717, 1.165) is 18.4 Å². The molecule has 0 radical (unpaired) electrons. The second kappa shape index (κ2) is 7.54. The molecule has 1 aliphatic rings. The highest BCUT2D eigenvalue weighted by molar-refractivity contribution is 6.36. The number of carbonyl (C=O) groups is 2. The third kappa shape index (κ3) is 3.86. The van der Waals surface area contributed by atoms with Crippen LogP contribution >= 0.6 is 23.2 Å². The van der Waals surface area contributed by atoms with Gasteiger partial charge in [-0.15, -0.1) is 0 Å². The molecule has 3 rings (SSSR count). The molecule has 0 saturated carbocycles. The van der Waals surface area contributed by atoms with Crippen LogP contribution < -0.4 is 0 Å². The van der Waals surface area contributed by atoms with Gasteiger partial charge in [-0.2, -0.15) is 0 Å². The number of aromatic nitrogens is 1. The molecule has 0 N–H and O–H groups in total. The second-order valence-electron chi connectivity index (χ2n) is 6.26. The average Bonchev–Trinajstić information content (AvgIpc) is 2.65. The number of carbonyl (C=O) groups excluding carboxylic acids is 2. The highest BCUT2D eigenvalue weighted by atomic mass is 35.5. The third-order valence-electron chi connectivity index (χ3n) is 4.55. The molecule has 2 aromatic rings. The van der Waals surface area contributed by atoms with Crippen molar-refractivity contribution in [3.05, 3.63) is 63.4 Å². The molecule has 4 nitrogen and oxygen atoms in total. The largest absolute Gasteiger partial charge is 0.338 e. The molecule has 6 heteroatoms. The van der Waals surface area contributed by atoms with E-state index in [-0.39, 0.29) is 17.6 Å². The van der Waals surface area contributed by atoms with Crippen LogP contribution in [0.2, 0.25) is 10.0 Å². The highest BCUT2D eigenvalue weighted by Gasteiger charge is 2.30. The second-order valence-corrected chi connectivity index (χ2v) is 7.08. The number of benzene rings is 1. The van der Waals surface area contributed by atoms with Crippen molar-refractivity contribution in [3.63, 3.8) is 0 Å². The van der Waals surface area contributed by atoms with Crippen LogP contribution in [-0.4, -0.2) is 34.7 Å². The van der Waals surface area contributed by atoms with Crippen LogP contribution in [-0.2, 0) is 0 Å². The normalized spacial score (nSPS) is 17.4. The molecule has 130 valence electrons. The highest BCUT2D eigenvalue weighted by Crippen LogP contribution is 2.28. The Morgan fingerprint density at radius 3 is 2.56 bits per heavy atom. The summed E-state index contributed by atoms with van der Waals surface area (Å²) < 4.78 is 0. The van der Waals surface area contributed by atoms with Gasteiger partial charge in [0.25, 0.3) is 5.91 Å². The Bertz CT molecular complexity index is 785. The first kappa shape index (κ1) is 17.9. The SMILES string of the molecule is Cc1c(Cl)cc(C(=O)N2CCCC(C(=O)c3cccnc3)C2)cc1Cl. The Morgan fingerprint density at radius 1 is 1.20 bits per heavy atom. The fourth-order valence-electron chi connectivity index (χ4n) is 3.07. The summed E-state index contributed by atoms with van der Waals surface area (Å²) >= 11 is 12.3. The van der Waals surface area contributed by atoms with Crippen molar-refractivity contribution < 1.29 is 9.59 Å². The Labute approximate surface area is 156 Å². The van der Waals surface area contributed by atoms with Gasteiger partial charge in [0.15, 0.2) is 5.78 Å². The molecule has 0 aliphatic carbocycles. The number of likely N-dealkylation sites (tertiary alicyclic amines) is 1. The number of hydrogen-bond donors (Lipinski definition) is 0. The molecular weight excluding hydrogens is 359 g/mol. The van der Waals surface area contributed by atoms with Crippen LogP contribution in [0.1, 0.15) is 39.1 Å². The van der Waals surface area contributed by atoms with Gasteiger partial charge < -0.3 is 4.90 Å². The molecular formula is C19H18Cl2N2O2. The van der Waals surface area contributed by atoms with Gasteiger partial charge in [0, 0.05) is 52.6 Å². The van der Waals surface area contributed by atoms with Crippen LogP contribution in [0.15, 0.2) is 36.7 Å². The molecule has 0 spiro atoms. The van der Waals surface area contributed by atoms with E-state index in [1.165, 1.54) is 0 Å². The van der Waals surface area contributed by atoms with E-state index in [9.17, 15) is 9.59 Å². The van der Waals surface area contributed by atoms with Crippen LogP contribution in [0.5, 0.6) is 0 Å². The number of hydrogen-bond acceptors (Lipinski definition) is 3. The van der Waals surface area contributed by atoms with Crippen molar-refractivity contribution in [1.82, 2.24) is 9.88 Å². The molecule has 1 saturated heterocycles. The summed E-state index contributed by atoms with van der Waals surface area (Å²) in [6, 6.07) is 6.78. The lowest BCUT2D eigenvalue weighted by Crippen LogP contribution is -2.42. The van der Waals surface area contributed by atoms with Crippen LogP contribution in [0.4, 0.5) is 0 Å². The monoisotopic (exact) mass is 376 g/mol. The lowest BCUT2D eigenvalue weighted by molar-refractivity contribution is 0.0637. The van der Waals surface area contributed by atoms with E-state index >= 15 is 0 Å². The molecule has 1 atom stereocenters. The summed E-state index contributed by atoms with van der Waals surface area (Å²) in [7, 11) is 0. The summed E-state index contributed by atoms with van der Waals surface area (Å²) in [5.74, 6) is -0.323. The Balaban J connectivity index is 1.77. The van der Waals surface area contributed by atoms with E-state index in [4.69, 9.17) is 23.2 Å². The minimum Gasteiger partial charge on any atom is -0.338 e. The minimum atomic E-state index is -0.210. The molecule has 25 heavy (non-hydrogen) atoms. The summed E-state index contributed by atoms with van der Waals surface area (Å²) in [6.07, 6.45) is 4.77. The van der Waals surface area contributed by atoms with Gasteiger partial charge in [-0.1, -0.05) is 23.2 Å². The zero-order valence-corrected chi connectivity index (χ0v) is 15.3. The fraction of sp³-hybridized carbons (Fsp3) is 0.316. The van der Waals surface area contributed by atoms with Gasteiger partial charge in [-0.05, 0) is 49.6 Å². The number of ketones is 1. The standard InChI is InChI=1S/C19H18Cl2N2O2/c1-12-16(20)8-15(9-17(12)21)19(25)23-7-3-5-14(11-23)18(24)13-4-2-6-22-10-13/h2,4,6,8-10,14H,3,5,7,11H2,1H3. The van der Waals surface area contributed by atoms with Crippen LogP contribution in [0, 0.1) is 12.8 Å². The van der Waals surface area contributed by atoms with Crippen molar-refractivity contribution >= 4 is 34.9 Å². The average molecular weight is 377 g/mol. The van der Waals surface area contributed by atoms with E-state index in [1.807, 2.05) is 6.92 Å². The number of nitrogens with zero attached hydrogens (tertiary/aromatic N) is 2. The molecule has 1 unspecified atom stereocenters. The lowest BCUT2D eigenvalue weighted by atomic mass is 9.90. The number of rotatable bonds is 3. The van der Waals surface area contributed by atoms with E-state index in [1.54, 1.807) is 41.6 Å². The van der Waals surface area contributed by atoms with Crippen molar-refractivity contribution in [3.8, 4) is 0 Å². The lowest BCUT2D eigenvalue weighted by Gasteiger charge is -2.32. The number of amides is 1. The molecule has 0 bridgehead atoms. The van der Waals surface area contributed by atoms with E-state index in [0.29, 0.717) is 34.3 Å².